The number of carbonyl (C=O) groups is 1. The van der Waals surface area contributed by atoms with E-state index in [-0.39, 0.29) is 6.10 Å². The van der Waals surface area contributed by atoms with Crippen LogP contribution in [0.15, 0.2) is 24.5 Å². The molecule has 1 aromatic rings. The predicted octanol–water partition coefficient (Wildman–Crippen LogP) is 2.17. The molecule has 1 aliphatic rings. The Hall–Kier alpha value is -1.62. The number of amides is 1. The van der Waals surface area contributed by atoms with E-state index in [4.69, 9.17) is 9.84 Å². The Balaban J connectivity index is 1.99. The van der Waals surface area contributed by atoms with Crippen LogP contribution in [0.3, 0.4) is 0 Å². The van der Waals surface area contributed by atoms with Crippen LogP contribution in [-0.2, 0) is 11.2 Å². The average Bonchev–Trinajstić information content (AvgIpc) is 2.37. The van der Waals surface area contributed by atoms with Crippen molar-refractivity contribution in [1.82, 2.24) is 9.88 Å². The molecule has 2 atom stereocenters. The molecule has 0 spiro atoms. The lowest BCUT2D eigenvalue weighted by atomic mass is 9.94. The second-order valence-corrected chi connectivity index (χ2v) is 5.40. The molecule has 1 N–H and O–H groups in total. The smallest absolute Gasteiger partial charge is 0.407 e. The Morgan fingerprint density at radius 1 is 1.58 bits per heavy atom. The first-order chi connectivity index (χ1) is 8.98. The Labute approximate surface area is 113 Å². The van der Waals surface area contributed by atoms with Crippen LogP contribution in [0.4, 0.5) is 4.79 Å². The molecule has 19 heavy (non-hydrogen) atoms. The molecule has 104 valence electrons. The standard InChI is InChI=1S/C14H20N2O3/c1-11-9-16(13(17)18)10-14(2,19-11)6-3-12-4-7-15-8-5-12/h4-5,7-8,11H,3,6,9-10H2,1-2H3,(H,17,18)/t11-,14+/m0/s1. The average molecular weight is 264 g/mol. The Bertz CT molecular complexity index is 438. The van der Waals surface area contributed by atoms with Crippen molar-refractivity contribution in [3.05, 3.63) is 30.1 Å². The van der Waals surface area contributed by atoms with Gasteiger partial charge in [-0.15, -0.1) is 0 Å². The number of aromatic nitrogens is 1. The van der Waals surface area contributed by atoms with Gasteiger partial charge in [0.1, 0.15) is 0 Å². The molecule has 1 fully saturated rings. The van der Waals surface area contributed by atoms with E-state index in [1.54, 1.807) is 12.4 Å². The van der Waals surface area contributed by atoms with E-state index >= 15 is 0 Å². The minimum atomic E-state index is -0.870. The summed E-state index contributed by atoms with van der Waals surface area (Å²) in [6.07, 6.45) is 4.26. The van der Waals surface area contributed by atoms with Crippen LogP contribution in [0.25, 0.3) is 0 Å². The summed E-state index contributed by atoms with van der Waals surface area (Å²) in [5, 5.41) is 9.14. The van der Waals surface area contributed by atoms with Gasteiger partial charge in [0.2, 0.25) is 0 Å². The van der Waals surface area contributed by atoms with Gasteiger partial charge in [0.05, 0.1) is 24.8 Å². The van der Waals surface area contributed by atoms with Crippen LogP contribution in [-0.4, -0.2) is 45.9 Å². The van der Waals surface area contributed by atoms with E-state index in [0.29, 0.717) is 13.1 Å². The van der Waals surface area contributed by atoms with Crippen molar-refractivity contribution in [3.63, 3.8) is 0 Å². The monoisotopic (exact) mass is 264 g/mol. The Morgan fingerprint density at radius 3 is 2.89 bits per heavy atom. The van der Waals surface area contributed by atoms with Gasteiger partial charge in [0, 0.05) is 12.4 Å². The molecular formula is C14H20N2O3. The van der Waals surface area contributed by atoms with Gasteiger partial charge in [-0.1, -0.05) is 0 Å². The van der Waals surface area contributed by atoms with E-state index in [1.165, 1.54) is 10.5 Å². The Kier molecular flexibility index (Phi) is 4.04. The summed E-state index contributed by atoms with van der Waals surface area (Å²) in [4.78, 5) is 16.6. The van der Waals surface area contributed by atoms with E-state index in [1.807, 2.05) is 26.0 Å². The summed E-state index contributed by atoms with van der Waals surface area (Å²) >= 11 is 0. The van der Waals surface area contributed by atoms with E-state index in [9.17, 15) is 4.79 Å². The third kappa shape index (κ3) is 3.67. The van der Waals surface area contributed by atoms with Gasteiger partial charge in [-0.05, 0) is 44.4 Å². The first kappa shape index (κ1) is 13.8. The lowest BCUT2D eigenvalue weighted by molar-refractivity contribution is -0.134. The van der Waals surface area contributed by atoms with Crippen LogP contribution in [0.1, 0.15) is 25.8 Å². The van der Waals surface area contributed by atoms with Crippen molar-refractivity contribution < 1.29 is 14.6 Å². The summed E-state index contributed by atoms with van der Waals surface area (Å²) in [6, 6.07) is 3.95. The molecule has 0 unspecified atom stereocenters. The Morgan fingerprint density at radius 2 is 2.26 bits per heavy atom. The summed E-state index contributed by atoms with van der Waals surface area (Å²) in [7, 11) is 0. The summed E-state index contributed by atoms with van der Waals surface area (Å²) in [6.45, 7) is 4.78. The van der Waals surface area contributed by atoms with Crippen molar-refractivity contribution in [2.75, 3.05) is 13.1 Å². The first-order valence-electron chi connectivity index (χ1n) is 6.53. The topological polar surface area (TPSA) is 62.7 Å². The zero-order valence-electron chi connectivity index (χ0n) is 11.4. The van der Waals surface area contributed by atoms with Crippen LogP contribution < -0.4 is 0 Å². The van der Waals surface area contributed by atoms with Gasteiger partial charge in [0.15, 0.2) is 0 Å². The highest BCUT2D eigenvalue weighted by molar-refractivity contribution is 5.65. The van der Waals surface area contributed by atoms with Gasteiger partial charge in [-0.25, -0.2) is 4.79 Å². The zero-order valence-corrected chi connectivity index (χ0v) is 11.4. The number of morpholine rings is 1. The number of rotatable bonds is 3. The highest BCUT2D eigenvalue weighted by Gasteiger charge is 2.36. The maximum Gasteiger partial charge on any atom is 0.407 e. The number of hydrogen-bond acceptors (Lipinski definition) is 3. The largest absolute Gasteiger partial charge is 0.465 e. The van der Waals surface area contributed by atoms with E-state index in [2.05, 4.69) is 4.98 Å². The molecule has 0 aliphatic carbocycles. The molecule has 0 radical (unpaired) electrons. The highest BCUT2D eigenvalue weighted by Crippen LogP contribution is 2.26. The van der Waals surface area contributed by atoms with Crippen molar-refractivity contribution in [3.8, 4) is 0 Å². The second kappa shape index (κ2) is 5.57. The number of nitrogens with zero attached hydrogens (tertiary/aromatic N) is 2. The maximum atomic E-state index is 11.1. The van der Waals surface area contributed by atoms with Gasteiger partial charge in [-0.3, -0.25) is 4.98 Å². The molecule has 5 heteroatoms. The van der Waals surface area contributed by atoms with Crippen molar-refractivity contribution in [2.45, 2.75) is 38.4 Å². The first-order valence-corrected chi connectivity index (χ1v) is 6.53. The van der Waals surface area contributed by atoms with Crippen molar-refractivity contribution in [1.29, 1.82) is 0 Å². The summed E-state index contributed by atoms with van der Waals surface area (Å²) in [5.41, 5.74) is 0.777. The predicted molar refractivity (Wildman–Crippen MR) is 71.1 cm³/mol. The molecular weight excluding hydrogens is 244 g/mol. The van der Waals surface area contributed by atoms with E-state index in [0.717, 1.165) is 12.8 Å². The number of hydrogen-bond donors (Lipinski definition) is 1. The minimum Gasteiger partial charge on any atom is -0.465 e. The minimum absolute atomic E-state index is 0.0627. The highest BCUT2D eigenvalue weighted by atomic mass is 16.5. The molecule has 0 saturated carbocycles. The molecule has 5 nitrogen and oxygen atoms in total. The fraction of sp³-hybridized carbons (Fsp3) is 0.571. The lowest BCUT2D eigenvalue weighted by Gasteiger charge is -2.42. The molecule has 2 rings (SSSR count). The van der Waals surface area contributed by atoms with Gasteiger partial charge in [-0.2, -0.15) is 0 Å². The van der Waals surface area contributed by atoms with Crippen LogP contribution in [0.5, 0.6) is 0 Å². The fourth-order valence-electron chi connectivity index (χ4n) is 2.58. The molecule has 2 heterocycles. The number of pyridine rings is 1. The van der Waals surface area contributed by atoms with Crippen molar-refractivity contribution >= 4 is 6.09 Å². The molecule has 0 bridgehead atoms. The maximum absolute atomic E-state index is 11.1. The zero-order chi connectivity index (χ0) is 13.9. The SMILES string of the molecule is C[C@H]1CN(C(=O)O)C[C@@](C)(CCc2ccncc2)O1. The van der Waals surface area contributed by atoms with Gasteiger partial charge in [0.25, 0.3) is 0 Å². The number of aryl methyl sites for hydroxylation is 1. The third-order valence-electron chi connectivity index (χ3n) is 3.45. The molecule has 1 amide bonds. The molecule has 1 saturated heterocycles. The van der Waals surface area contributed by atoms with E-state index < -0.39 is 11.7 Å². The lowest BCUT2D eigenvalue weighted by Crippen LogP contribution is -2.55. The van der Waals surface area contributed by atoms with Gasteiger partial charge >= 0.3 is 6.09 Å². The fourth-order valence-corrected chi connectivity index (χ4v) is 2.58. The number of carboxylic acid groups (broad SMARTS) is 1. The quantitative estimate of drug-likeness (QED) is 0.908. The molecule has 0 aromatic carbocycles. The molecule has 1 aliphatic heterocycles. The normalized spacial score (nSPS) is 27.3. The third-order valence-corrected chi connectivity index (χ3v) is 3.45. The second-order valence-electron chi connectivity index (χ2n) is 5.40. The van der Waals surface area contributed by atoms with Crippen molar-refractivity contribution in [2.24, 2.45) is 0 Å². The summed E-state index contributed by atoms with van der Waals surface area (Å²) in [5.74, 6) is 0. The van der Waals surface area contributed by atoms with Crippen LogP contribution in [0, 0.1) is 0 Å². The van der Waals surface area contributed by atoms with Crippen LogP contribution >= 0.6 is 0 Å². The molecule has 1 aromatic heterocycles. The van der Waals surface area contributed by atoms with Gasteiger partial charge < -0.3 is 14.7 Å². The van der Waals surface area contributed by atoms with Crippen LogP contribution in [0.2, 0.25) is 0 Å². The summed E-state index contributed by atoms with van der Waals surface area (Å²) < 4.78 is 5.96. The number of ether oxygens (including phenoxy) is 1.